The number of alkyl halides is 6. The van der Waals surface area contributed by atoms with Crippen molar-refractivity contribution in [3.05, 3.63) is 4.13 Å². The Labute approximate surface area is 168 Å². The molecule has 1 saturated heterocycles. The van der Waals surface area contributed by atoms with Crippen LogP contribution in [-0.4, -0.2) is 59.0 Å². The molecule has 1 heterocycles. The summed E-state index contributed by atoms with van der Waals surface area (Å²) < 4.78 is 111. The molecule has 0 N–H and O–H groups in total. The molecule has 29 heavy (non-hydrogen) atoms. The predicted molar refractivity (Wildman–Crippen MR) is 96.7 cm³/mol. The van der Waals surface area contributed by atoms with Gasteiger partial charge in [-0.1, -0.05) is 19.8 Å². The third-order valence-corrected chi connectivity index (χ3v) is 7.22. The summed E-state index contributed by atoms with van der Waals surface area (Å²) >= 11 is 0. The van der Waals surface area contributed by atoms with Crippen LogP contribution in [0.3, 0.4) is 0 Å². The van der Waals surface area contributed by atoms with E-state index >= 15 is 0 Å². The quantitative estimate of drug-likeness (QED) is 0.303. The second-order valence-corrected chi connectivity index (χ2v) is 10.6. The molecular formula is C15H28F6N2O4S2. The van der Waals surface area contributed by atoms with E-state index in [0.717, 1.165) is 4.13 Å². The molecule has 0 atom stereocenters. The number of nitrogens with zero attached hydrogens (tertiary/aromatic N) is 2. The summed E-state index contributed by atoms with van der Waals surface area (Å²) in [5.41, 5.74) is -12.4. The molecule has 176 valence electrons. The third kappa shape index (κ3) is 10.3. The minimum Gasteiger partial charge on any atom is -0.421 e. The lowest BCUT2D eigenvalue weighted by Gasteiger charge is -2.33. The zero-order valence-corrected chi connectivity index (χ0v) is 18.0. The predicted octanol–water partition coefficient (Wildman–Crippen LogP) is 4.65. The minimum absolute atomic E-state index is 0.778. The van der Waals surface area contributed by atoms with Gasteiger partial charge in [0.25, 0.3) is 0 Å². The summed E-state index contributed by atoms with van der Waals surface area (Å²) in [7, 11) is -11.0. The molecule has 0 aromatic rings. The minimum atomic E-state index is -6.72. The molecule has 0 radical (unpaired) electrons. The Kier molecular flexibility index (Phi) is 10.9. The topological polar surface area (TPSA) is 82.4 Å². The van der Waals surface area contributed by atoms with E-state index in [4.69, 9.17) is 0 Å². The van der Waals surface area contributed by atoms with E-state index in [1.54, 1.807) is 0 Å². The second kappa shape index (κ2) is 11.1. The van der Waals surface area contributed by atoms with Crippen molar-refractivity contribution in [3.63, 3.8) is 0 Å². The largest absolute Gasteiger partial charge is 0.480 e. The zero-order valence-electron chi connectivity index (χ0n) is 16.4. The lowest BCUT2D eigenvalue weighted by molar-refractivity contribution is -0.909. The number of sulfonamides is 2. The highest BCUT2D eigenvalue weighted by atomic mass is 32.3. The Morgan fingerprint density at radius 3 is 1.52 bits per heavy atom. The van der Waals surface area contributed by atoms with Crippen LogP contribution in [0.4, 0.5) is 26.3 Å². The van der Waals surface area contributed by atoms with Gasteiger partial charge in [0.05, 0.1) is 26.7 Å². The van der Waals surface area contributed by atoms with E-state index in [1.807, 2.05) is 0 Å². The maximum Gasteiger partial charge on any atom is 0.480 e. The third-order valence-electron chi connectivity index (χ3n) is 4.48. The van der Waals surface area contributed by atoms with Crippen molar-refractivity contribution in [2.75, 3.05) is 26.7 Å². The Balaban J connectivity index is 0.000000541. The van der Waals surface area contributed by atoms with E-state index in [-0.39, 0.29) is 0 Å². The van der Waals surface area contributed by atoms with E-state index < -0.39 is 31.1 Å². The molecule has 0 unspecified atom stereocenters. The number of unbranched alkanes of at least 4 members (excludes halogenated alkanes) is 3. The molecule has 0 aromatic heterocycles. The molecule has 0 spiro atoms. The Morgan fingerprint density at radius 1 is 0.759 bits per heavy atom. The van der Waals surface area contributed by atoms with Crippen LogP contribution in [0.2, 0.25) is 0 Å². The summed E-state index contributed by atoms with van der Waals surface area (Å²) in [4.78, 5) is 0. The smallest absolute Gasteiger partial charge is 0.421 e. The summed E-state index contributed by atoms with van der Waals surface area (Å²) in [6.45, 7) is 6.60. The first-order chi connectivity index (χ1) is 13.0. The highest BCUT2D eigenvalue weighted by Gasteiger charge is 2.46. The van der Waals surface area contributed by atoms with Crippen LogP contribution in [0.5, 0.6) is 0 Å². The molecule has 0 aliphatic carbocycles. The van der Waals surface area contributed by atoms with Gasteiger partial charge < -0.3 is 8.61 Å². The Bertz CT molecular complexity index is 641. The zero-order chi connectivity index (χ0) is 23.0. The molecule has 1 aliphatic rings. The number of rotatable bonds is 7. The molecule has 14 heteroatoms. The number of quaternary nitrogens is 1. The maximum atomic E-state index is 11.4. The van der Waals surface area contributed by atoms with Gasteiger partial charge in [-0.15, -0.1) is 0 Å². The van der Waals surface area contributed by atoms with Crippen LogP contribution in [0.25, 0.3) is 4.13 Å². The lowest BCUT2D eigenvalue weighted by atomic mass is 10.2. The first kappa shape index (κ1) is 28.4. The SMILES string of the molecule is CCCCCC[N+]1(C)CCCCCC1.O=S(=O)([N-]S(=O)(=O)C(F)(F)F)C(F)(F)F. The van der Waals surface area contributed by atoms with Crippen molar-refractivity contribution in [3.8, 4) is 0 Å². The van der Waals surface area contributed by atoms with Crippen molar-refractivity contribution in [1.82, 2.24) is 0 Å². The Hall–Kier alpha value is -0.600. The van der Waals surface area contributed by atoms with Gasteiger partial charge in [-0.05, 0) is 38.5 Å². The average molecular weight is 479 g/mol. The molecule has 0 saturated carbocycles. The van der Waals surface area contributed by atoms with Crippen LogP contribution in [0.15, 0.2) is 0 Å². The van der Waals surface area contributed by atoms with Gasteiger partial charge in [-0.2, -0.15) is 26.3 Å². The highest BCUT2D eigenvalue weighted by molar-refractivity contribution is 8.13. The first-order valence-electron chi connectivity index (χ1n) is 9.18. The molecule has 1 rings (SSSR count). The molecule has 6 nitrogen and oxygen atoms in total. The fourth-order valence-corrected chi connectivity index (χ4v) is 4.52. The van der Waals surface area contributed by atoms with Gasteiger partial charge in [0.2, 0.25) is 0 Å². The van der Waals surface area contributed by atoms with Crippen molar-refractivity contribution in [1.29, 1.82) is 0 Å². The Morgan fingerprint density at radius 2 is 1.17 bits per heavy atom. The first-order valence-corrected chi connectivity index (χ1v) is 12.1. The van der Waals surface area contributed by atoms with Crippen LogP contribution in [0, 0.1) is 0 Å². The summed E-state index contributed by atoms with van der Waals surface area (Å²) in [6, 6.07) is 0. The monoisotopic (exact) mass is 478 g/mol. The number of hydrogen-bond donors (Lipinski definition) is 0. The normalized spacial score (nSPS) is 18.5. The van der Waals surface area contributed by atoms with Crippen LogP contribution in [-0.2, 0) is 20.0 Å². The highest BCUT2D eigenvalue weighted by Crippen LogP contribution is 2.36. The van der Waals surface area contributed by atoms with Gasteiger partial charge in [-0.3, -0.25) is 0 Å². The molecular weight excluding hydrogens is 450 g/mol. The van der Waals surface area contributed by atoms with Crippen LogP contribution < -0.4 is 0 Å². The summed E-state index contributed by atoms with van der Waals surface area (Å²) in [6.07, 6.45) is 11.6. The molecule has 0 amide bonds. The molecule has 0 aromatic carbocycles. The van der Waals surface area contributed by atoms with E-state index in [9.17, 15) is 43.2 Å². The fraction of sp³-hybridized carbons (Fsp3) is 1.00. The molecule has 1 aliphatic heterocycles. The maximum absolute atomic E-state index is 11.4. The van der Waals surface area contributed by atoms with Gasteiger partial charge in [0, 0.05) is 0 Å². The number of hydrogen-bond acceptors (Lipinski definition) is 4. The second-order valence-electron chi connectivity index (χ2n) is 7.18. The van der Waals surface area contributed by atoms with Gasteiger partial charge in [0.15, 0.2) is 20.0 Å². The summed E-state index contributed by atoms with van der Waals surface area (Å²) in [5, 5.41) is 0. The van der Waals surface area contributed by atoms with E-state index in [0.29, 0.717) is 0 Å². The number of likely N-dealkylation sites (tertiary alicyclic amines) is 1. The molecule has 1 fully saturated rings. The van der Waals surface area contributed by atoms with Crippen LogP contribution in [0.1, 0.15) is 58.3 Å². The van der Waals surface area contributed by atoms with Crippen molar-refractivity contribution < 1.29 is 47.7 Å². The fourth-order valence-electron chi connectivity index (χ4n) is 2.81. The number of halogens is 6. The van der Waals surface area contributed by atoms with Crippen LogP contribution >= 0.6 is 0 Å². The van der Waals surface area contributed by atoms with Gasteiger partial charge in [-0.25, -0.2) is 16.8 Å². The van der Waals surface area contributed by atoms with Crippen molar-refractivity contribution in [2.45, 2.75) is 69.3 Å². The standard InChI is InChI=1S/C13H28N.C2F6NO4S2/c1-3-4-5-8-11-14(2)12-9-6-7-10-13-14;3-1(4,5)14(10,11)9-15(12,13)2(6,7)8/h3-13H2,1-2H3;/q+1;-1. The average Bonchev–Trinajstić information content (AvgIpc) is 2.74. The molecule has 0 bridgehead atoms. The lowest BCUT2D eigenvalue weighted by Crippen LogP contribution is -2.45. The van der Waals surface area contributed by atoms with Gasteiger partial charge >= 0.3 is 11.0 Å². The van der Waals surface area contributed by atoms with Crippen molar-refractivity contribution >= 4 is 20.0 Å². The van der Waals surface area contributed by atoms with Gasteiger partial charge in [0.1, 0.15) is 0 Å². The van der Waals surface area contributed by atoms with E-state index in [2.05, 4.69) is 14.0 Å². The van der Waals surface area contributed by atoms with Crippen molar-refractivity contribution in [2.24, 2.45) is 0 Å². The summed E-state index contributed by atoms with van der Waals surface area (Å²) in [5.74, 6) is 0. The van der Waals surface area contributed by atoms with E-state index in [1.165, 1.54) is 75.5 Å².